The first kappa shape index (κ1) is 13.2. The first-order valence-electron chi connectivity index (χ1n) is 5.70. The Bertz CT molecular complexity index is 287. The van der Waals surface area contributed by atoms with Gasteiger partial charge in [-0.05, 0) is 26.9 Å². The minimum atomic E-state index is -0.823. The number of rotatable bonds is 4. The van der Waals surface area contributed by atoms with Crippen LogP contribution < -0.4 is 0 Å². The molecule has 0 amide bonds. The quantitative estimate of drug-likeness (QED) is 0.723. The van der Waals surface area contributed by atoms with Gasteiger partial charge in [0.1, 0.15) is 0 Å². The number of nitrogens with zero attached hydrogens (tertiary/aromatic N) is 2. The van der Waals surface area contributed by atoms with E-state index in [1.807, 2.05) is 0 Å². The summed E-state index contributed by atoms with van der Waals surface area (Å²) in [4.78, 5) is 15.2. The zero-order chi connectivity index (χ0) is 12.3. The van der Waals surface area contributed by atoms with Gasteiger partial charge in [0, 0.05) is 31.2 Å². The van der Waals surface area contributed by atoms with Crippen LogP contribution in [0.4, 0.5) is 0 Å². The third-order valence-electron chi connectivity index (χ3n) is 3.30. The maximum absolute atomic E-state index is 10.6. The van der Waals surface area contributed by atoms with Gasteiger partial charge in [0.25, 0.3) is 0 Å². The minimum Gasteiger partial charge on any atom is -0.478 e. The van der Waals surface area contributed by atoms with Crippen molar-refractivity contribution in [2.24, 2.45) is 5.92 Å². The lowest BCUT2D eigenvalue weighted by Gasteiger charge is -2.22. The van der Waals surface area contributed by atoms with Crippen LogP contribution in [-0.4, -0.2) is 60.6 Å². The number of hydrogen-bond donors (Lipinski definition) is 1. The molecule has 0 aliphatic carbocycles. The van der Waals surface area contributed by atoms with Gasteiger partial charge in [-0.1, -0.05) is 13.0 Å². The molecule has 92 valence electrons. The van der Waals surface area contributed by atoms with Crippen molar-refractivity contribution < 1.29 is 9.90 Å². The molecule has 16 heavy (non-hydrogen) atoms. The highest BCUT2D eigenvalue weighted by atomic mass is 16.4. The number of carboxylic acids is 1. The van der Waals surface area contributed by atoms with Gasteiger partial charge in [-0.25, -0.2) is 4.79 Å². The number of aliphatic carboxylic acids is 1. The second-order valence-corrected chi connectivity index (χ2v) is 4.92. The van der Waals surface area contributed by atoms with Gasteiger partial charge in [0.15, 0.2) is 0 Å². The molecule has 1 aliphatic rings. The lowest BCUT2D eigenvalue weighted by atomic mass is 10.1. The van der Waals surface area contributed by atoms with Crippen LogP contribution in [0.25, 0.3) is 0 Å². The molecular formula is C12H22N2O2. The normalized spacial score (nSPS) is 27.7. The monoisotopic (exact) mass is 226 g/mol. The average Bonchev–Trinajstić information content (AvgIpc) is 2.56. The van der Waals surface area contributed by atoms with Crippen LogP contribution in [0.15, 0.2) is 11.6 Å². The maximum atomic E-state index is 10.6. The lowest BCUT2D eigenvalue weighted by molar-refractivity contribution is -0.132. The summed E-state index contributed by atoms with van der Waals surface area (Å²) in [5.74, 6) is -0.176. The van der Waals surface area contributed by atoms with Crippen LogP contribution in [0.1, 0.15) is 13.8 Å². The van der Waals surface area contributed by atoms with E-state index in [2.05, 4.69) is 30.8 Å². The highest BCUT2D eigenvalue weighted by molar-refractivity contribution is 5.85. The molecule has 0 aromatic carbocycles. The van der Waals surface area contributed by atoms with Gasteiger partial charge in [-0.3, -0.25) is 4.90 Å². The molecule has 1 aliphatic heterocycles. The highest BCUT2D eigenvalue weighted by Crippen LogP contribution is 2.19. The predicted molar refractivity (Wildman–Crippen MR) is 64.5 cm³/mol. The van der Waals surface area contributed by atoms with E-state index < -0.39 is 5.97 Å². The van der Waals surface area contributed by atoms with Gasteiger partial charge in [0.2, 0.25) is 0 Å². The maximum Gasteiger partial charge on any atom is 0.330 e. The SMILES string of the molecule is C/C(=C/CN1CC(C)C(N(C)C)C1)C(=O)O. The van der Waals surface area contributed by atoms with E-state index in [1.165, 1.54) is 0 Å². The predicted octanol–water partition coefficient (Wildman–Crippen LogP) is 0.899. The highest BCUT2D eigenvalue weighted by Gasteiger charge is 2.30. The number of likely N-dealkylation sites (tertiary alicyclic amines) is 1. The molecule has 4 heteroatoms. The molecule has 0 aromatic rings. The number of carboxylic acid groups (broad SMARTS) is 1. The summed E-state index contributed by atoms with van der Waals surface area (Å²) < 4.78 is 0. The zero-order valence-corrected chi connectivity index (χ0v) is 10.6. The van der Waals surface area contributed by atoms with Gasteiger partial charge < -0.3 is 10.0 Å². The molecule has 1 saturated heterocycles. The van der Waals surface area contributed by atoms with Crippen LogP contribution in [0.2, 0.25) is 0 Å². The molecule has 2 atom stereocenters. The summed E-state index contributed by atoms with van der Waals surface area (Å²) in [6.07, 6.45) is 1.80. The molecule has 0 saturated carbocycles. The molecule has 1 heterocycles. The molecule has 1 rings (SSSR count). The number of hydrogen-bond acceptors (Lipinski definition) is 3. The summed E-state index contributed by atoms with van der Waals surface area (Å²) in [5, 5.41) is 8.75. The smallest absolute Gasteiger partial charge is 0.330 e. The van der Waals surface area contributed by atoms with Crippen molar-refractivity contribution in [2.75, 3.05) is 33.7 Å². The molecule has 0 aromatic heterocycles. The average molecular weight is 226 g/mol. The molecule has 1 fully saturated rings. The van der Waals surface area contributed by atoms with Crippen LogP contribution in [0.5, 0.6) is 0 Å². The summed E-state index contributed by atoms with van der Waals surface area (Å²) in [6, 6.07) is 0.582. The van der Waals surface area contributed by atoms with Crippen molar-refractivity contribution in [3.8, 4) is 0 Å². The van der Waals surface area contributed by atoms with Crippen molar-refractivity contribution in [3.05, 3.63) is 11.6 Å². The van der Waals surface area contributed by atoms with Gasteiger partial charge in [-0.2, -0.15) is 0 Å². The van der Waals surface area contributed by atoms with Crippen LogP contribution in [0.3, 0.4) is 0 Å². The standard InChI is InChI=1S/C12H22N2O2/c1-9(12(15)16)5-6-14-7-10(2)11(8-14)13(3)4/h5,10-11H,6-8H2,1-4H3,(H,15,16)/b9-5-. The fraction of sp³-hybridized carbons (Fsp3) is 0.750. The van der Waals surface area contributed by atoms with Gasteiger partial charge >= 0.3 is 5.97 Å². The summed E-state index contributed by atoms with van der Waals surface area (Å²) >= 11 is 0. The van der Waals surface area contributed by atoms with Crippen LogP contribution in [0, 0.1) is 5.92 Å². The van der Waals surface area contributed by atoms with E-state index in [-0.39, 0.29) is 0 Å². The van der Waals surface area contributed by atoms with Crippen molar-refractivity contribution in [3.63, 3.8) is 0 Å². The molecule has 4 nitrogen and oxygen atoms in total. The Morgan fingerprint density at radius 2 is 2.12 bits per heavy atom. The van der Waals surface area contributed by atoms with E-state index in [0.717, 1.165) is 19.6 Å². The van der Waals surface area contributed by atoms with Crippen molar-refractivity contribution in [1.82, 2.24) is 9.80 Å². The third kappa shape index (κ3) is 3.32. The van der Waals surface area contributed by atoms with E-state index in [1.54, 1.807) is 13.0 Å². The van der Waals surface area contributed by atoms with Crippen molar-refractivity contribution in [1.29, 1.82) is 0 Å². The first-order chi connectivity index (χ1) is 7.41. The summed E-state index contributed by atoms with van der Waals surface area (Å²) in [6.45, 7) is 6.71. The Labute approximate surface area is 97.5 Å². The molecule has 0 spiro atoms. The lowest BCUT2D eigenvalue weighted by Crippen LogP contribution is -2.34. The second kappa shape index (κ2) is 5.46. The molecular weight excluding hydrogens is 204 g/mol. The molecule has 1 N–H and O–H groups in total. The fourth-order valence-electron chi connectivity index (χ4n) is 2.22. The Kier molecular flexibility index (Phi) is 4.50. The largest absolute Gasteiger partial charge is 0.478 e. The van der Waals surface area contributed by atoms with Gasteiger partial charge in [-0.15, -0.1) is 0 Å². The molecule has 0 bridgehead atoms. The topological polar surface area (TPSA) is 43.8 Å². The fourth-order valence-corrected chi connectivity index (χ4v) is 2.22. The first-order valence-corrected chi connectivity index (χ1v) is 5.70. The second-order valence-electron chi connectivity index (χ2n) is 4.92. The van der Waals surface area contributed by atoms with Crippen molar-refractivity contribution >= 4 is 5.97 Å². The van der Waals surface area contributed by atoms with E-state index in [4.69, 9.17) is 5.11 Å². The molecule has 2 unspecified atom stereocenters. The Balaban J connectivity index is 2.48. The van der Waals surface area contributed by atoms with Crippen molar-refractivity contribution in [2.45, 2.75) is 19.9 Å². The van der Waals surface area contributed by atoms with Gasteiger partial charge in [0.05, 0.1) is 0 Å². The summed E-state index contributed by atoms with van der Waals surface area (Å²) in [5.41, 5.74) is 0.431. The van der Waals surface area contributed by atoms with E-state index >= 15 is 0 Å². The van der Waals surface area contributed by atoms with E-state index in [0.29, 0.717) is 17.5 Å². The number of likely N-dealkylation sites (N-methyl/N-ethyl adjacent to an activating group) is 1. The minimum absolute atomic E-state index is 0.431. The van der Waals surface area contributed by atoms with Crippen LogP contribution >= 0.6 is 0 Å². The third-order valence-corrected chi connectivity index (χ3v) is 3.30. The zero-order valence-electron chi connectivity index (χ0n) is 10.6. The Hall–Kier alpha value is -0.870. The van der Waals surface area contributed by atoms with Crippen LogP contribution in [-0.2, 0) is 4.79 Å². The molecule has 0 radical (unpaired) electrons. The summed E-state index contributed by atoms with van der Waals surface area (Å²) in [7, 11) is 4.20. The Morgan fingerprint density at radius 3 is 2.56 bits per heavy atom. The van der Waals surface area contributed by atoms with E-state index in [9.17, 15) is 4.79 Å². The Morgan fingerprint density at radius 1 is 1.50 bits per heavy atom. The number of carbonyl (C=O) groups is 1.